The van der Waals surface area contributed by atoms with Gasteiger partial charge in [0.25, 0.3) is 0 Å². The average molecular weight is 239 g/mol. The van der Waals surface area contributed by atoms with Crippen LogP contribution in [0.4, 0.5) is 0 Å². The van der Waals surface area contributed by atoms with Crippen molar-refractivity contribution < 1.29 is 9.47 Å². The molecule has 2 aromatic rings. The second kappa shape index (κ2) is 3.50. The van der Waals surface area contributed by atoms with Gasteiger partial charge in [0.2, 0.25) is 0 Å². The summed E-state index contributed by atoms with van der Waals surface area (Å²) in [5.41, 5.74) is 2.89. The number of nitrogens with zero attached hydrogens (tertiary/aromatic N) is 1. The first-order valence-electron chi connectivity index (χ1n) is 4.64. The maximum atomic E-state index is 5.62. The third kappa shape index (κ3) is 1.42. The summed E-state index contributed by atoms with van der Waals surface area (Å²) in [7, 11) is 0. The van der Waals surface area contributed by atoms with Crippen LogP contribution < -0.4 is 9.47 Å². The van der Waals surface area contributed by atoms with Crippen LogP contribution in [0.5, 0.6) is 11.5 Å². The lowest BCUT2D eigenvalue weighted by Crippen LogP contribution is -2.14. The SMILES string of the molecule is Cc1scnc1-c1scc2c1OCCO2. The van der Waals surface area contributed by atoms with E-state index >= 15 is 0 Å². The first kappa shape index (κ1) is 9.18. The first-order chi connectivity index (χ1) is 7.36. The maximum Gasteiger partial charge on any atom is 0.181 e. The van der Waals surface area contributed by atoms with Crippen LogP contribution in [0.3, 0.4) is 0 Å². The molecule has 0 aromatic carbocycles. The van der Waals surface area contributed by atoms with Gasteiger partial charge >= 0.3 is 0 Å². The smallest absolute Gasteiger partial charge is 0.181 e. The number of hydrogen-bond acceptors (Lipinski definition) is 5. The van der Waals surface area contributed by atoms with Gasteiger partial charge in [0.15, 0.2) is 11.5 Å². The van der Waals surface area contributed by atoms with E-state index in [9.17, 15) is 0 Å². The molecule has 3 rings (SSSR count). The minimum Gasteiger partial charge on any atom is -0.485 e. The Labute approximate surface area is 95.3 Å². The minimum atomic E-state index is 0.625. The van der Waals surface area contributed by atoms with Crippen LogP contribution in [0.25, 0.3) is 10.6 Å². The lowest BCUT2D eigenvalue weighted by atomic mass is 10.3. The molecule has 0 spiro atoms. The van der Waals surface area contributed by atoms with Crippen molar-refractivity contribution in [1.82, 2.24) is 4.98 Å². The van der Waals surface area contributed by atoms with Gasteiger partial charge in [0, 0.05) is 10.3 Å². The van der Waals surface area contributed by atoms with Crippen LogP contribution in [0.2, 0.25) is 0 Å². The molecule has 0 saturated carbocycles. The van der Waals surface area contributed by atoms with Gasteiger partial charge < -0.3 is 9.47 Å². The van der Waals surface area contributed by atoms with Gasteiger partial charge in [-0.1, -0.05) is 0 Å². The highest BCUT2D eigenvalue weighted by Gasteiger charge is 2.21. The number of hydrogen-bond donors (Lipinski definition) is 0. The largest absolute Gasteiger partial charge is 0.485 e. The molecule has 0 radical (unpaired) electrons. The fourth-order valence-corrected chi connectivity index (χ4v) is 3.18. The van der Waals surface area contributed by atoms with Gasteiger partial charge in [0.1, 0.15) is 13.2 Å². The van der Waals surface area contributed by atoms with Crippen molar-refractivity contribution in [3.8, 4) is 22.1 Å². The molecule has 0 atom stereocenters. The van der Waals surface area contributed by atoms with Gasteiger partial charge in [-0.3, -0.25) is 0 Å². The summed E-state index contributed by atoms with van der Waals surface area (Å²) in [6.45, 7) is 3.34. The van der Waals surface area contributed by atoms with Crippen molar-refractivity contribution >= 4 is 22.7 Å². The summed E-state index contributed by atoms with van der Waals surface area (Å²) in [4.78, 5) is 6.66. The Morgan fingerprint density at radius 1 is 1.27 bits per heavy atom. The zero-order chi connectivity index (χ0) is 10.3. The Morgan fingerprint density at radius 3 is 2.93 bits per heavy atom. The lowest BCUT2D eigenvalue weighted by Gasteiger charge is -2.15. The zero-order valence-corrected chi connectivity index (χ0v) is 9.78. The summed E-state index contributed by atoms with van der Waals surface area (Å²) >= 11 is 3.28. The number of thiazole rings is 1. The van der Waals surface area contributed by atoms with E-state index in [2.05, 4.69) is 11.9 Å². The van der Waals surface area contributed by atoms with Crippen molar-refractivity contribution in [1.29, 1.82) is 0 Å². The molecule has 3 nitrogen and oxygen atoms in total. The van der Waals surface area contributed by atoms with Gasteiger partial charge in [-0.25, -0.2) is 4.98 Å². The molecule has 0 N–H and O–H groups in total. The molecular weight excluding hydrogens is 230 g/mol. The predicted molar refractivity (Wildman–Crippen MR) is 61.2 cm³/mol. The molecule has 0 unspecified atom stereocenters. The molecule has 1 aliphatic rings. The van der Waals surface area contributed by atoms with E-state index in [0.29, 0.717) is 13.2 Å². The molecular formula is C10H9NO2S2. The highest BCUT2D eigenvalue weighted by atomic mass is 32.1. The van der Waals surface area contributed by atoms with Crippen molar-refractivity contribution in [2.75, 3.05) is 13.2 Å². The van der Waals surface area contributed by atoms with E-state index in [1.165, 1.54) is 4.88 Å². The van der Waals surface area contributed by atoms with E-state index in [-0.39, 0.29) is 0 Å². The molecule has 0 saturated heterocycles. The van der Waals surface area contributed by atoms with E-state index in [1.807, 2.05) is 10.9 Å². The van der Waals surface area contributed by atoms with Crippen molar-refractivity contribution in [3.05, 3.63) is 15.8 Å². The normalized spacial score (nSPS) is 14.2. The van der Waals surface area contributed by atoms with E-state index < -0.39 is 0 Å². The Morgan fingerprint density at radius 2 is 2.13 bits per heavy atom. The quantitative estimate of drug-likeness (QED) is 0.766. The molecule has 0 bridgehead atoms. The fraction of sp³-hybridized carbons (Fsp3) is 0.300. The first-order valence-corrected chi connectivity index (χ1v) is 6.40. The fourth-order valence-electron chi connectivity index (χ4n) is 1.55. The predicted octanol–water partition coefficient (Wildman–Crippen LogP) is 2.95. The molecule has 0 amide bonds. The highest BCUT2D eigenvalue weighted by molar-refractivity contribution is 7.15. The van der Waals surface area contributed by atoms with Crippen LogP contribution in [-0.4, -0.2) is 18.2 Å². The second-order valence-electron chi connectivity index (χ2n) is 3.21. The number of aromatic nitrogens is 1. The number of thiophene rings is 1. The van der Waals surface area contributed by atoms with Crippen LogP contribution in [-0.2, 0) is 0 Å². The summed E-state index contributed by atoms with van der Waals surface area (Å²) in [5, 5.41) is 1.99. The molecule has 15 heavy (non-hydrogen) atoms. The van der Waals surface area contributed by atoms with Crippen molar-refractivity contribution in [3.63, 3.8) is 0 Å². The topological polar surface area (TPSA) is 31.4 Å². The van der Waals surface area contributed by atoms with Crippen molar-refractivity contribution in [2.24, 2.45) is 0 Å². The second-order valence-corrected chi connectivity index (χ2v) is 5.15. The molecule has 3 heterocycles. The Balaban J connectivity index is 2.13. The summed E-state index contributed by atoms with van der Waals surface area (Å²) in [6, 6.07) is 0. The minimum absolute atomic E-state index is 0.625. The molecule has 0 aliphatic carbocycles. The van der Waals surface area contributed by atoms with Gasteiger partial charge in [-0.15, -0.1) is 22.7 Å². The Bertz CT molecular complexity index is 489. The van der Waals surface area contributed by atoms with Gasteiger partial charge in [-0.2, -0.15) is 0 Å². The molecule has 5 heteroatoms. The molecule has 0 fully saturated rings. The van der Waals surface area contributed by atoms with E-state index in [4.69, 9.17) is 9.47 Å². The Kier molecular flexibility index (Phi) is 2.14. The molecule has 1 aliphatic heterocycles. The zero-order valence-electron chi connectivity index (χ0n) is 8.15. The number of aryl methyl sites for hydroxylation is 1. The number of rotatable bonds is 1. The third-order valence-corrected chi connectivity index (χ3v) is 3.97. The molecule has 2 aromatic heterocycles. The molecule has 78 valence electrons. The number of ether oxygens (including phenoxy) is 2. The van der Waals surface area contributed by atoms with Crippen molar-refractivity contribution in [2.45, 2.75) is 6.92 Å². The van der Waals surface area contributed by atoms with Crippen LogP contribution >= 0.6 is 22.7 Å². The standard InChI is InChI=1S/C10H9NO2S2/c1-6-8(11-5-15-6)10-9-7(4-14-10)12-2-3-13-9/h4-5H,2-3H2,1H3. The summed E-state index contributed by atoms with van der Waals surface area (Å²) < 4.78 is 11.1. The van der Waals surface area contributed by atoms with Gasteiger partial charge in [0.05, 0.1) is 16.1 Å². The van der Waals surface area contributed by atoms with E-state index in [0.717, 1.165) is 22.1 Å². The van der Waals surface area contributed by atoms with Crippen LogP contribution in [0.1, 0.15) is 4.88 Å². The number of fused-ring (bicyclic) bond motifs is 1. The van der Waals surface area contributed by atoms with Crippen LogP contribution in [0.15, 0.2) is 10.9 Å². The monoisotopic (exact) mass is 239 g/mol. The maximum absolute atomic E-state index is 5.62. The lowest BCUT2D eigenvalue weighted by molar-refractivity contribution is 0.174. The average Bonchev–Trinajstić information content (AvgIpc) is 2.83. The Hall–Kier alpha value is -1.07. The van der Waals surface area contributed by atoms with E-state index in [1.54, 1.807) is 22.7 Å². The van der Waals surface area contributed by atoms with Crippen LogP contribution in [0, 0.1) is 6.92 Å². The summed E-state index contributed by atoms with van der Waals surface area (Å²) in [6.07, 6.45) is 0. The summed E-state index contributed by atoms with van der Waals surface area (Å²) in [5.74, 6) is 1.72. The third-order valence-electron chi connectivity index (χ3n) is 2.26. The highest BCUT2D eigenvalue weighted by Crippen LogP contribution is 2.46. The van der Waals surface area contributed by atoms with Gasteiger partial charge in [-0.05, 0) is 6.92 Å².